The molecule has 13 atom stereocenters. The van der Waals surface area contributed by atoms with E-state index in [-0.39, 0.29) is 69.2 Å². The minimum absolute atomic E-state index is 0.0506. The van der Waals surface area contributed by atoms with Crippen LogP contribution in [0.1, 0.15) is 120 Å². The number of nitrogens with one attached hydrogen (secondary N) is 1. The standard InChI is InChI=1S/C38H64ClNO6/c1-22(2)28(40-39)31(41)45-26-14-16-38-21-37(38)18-17-34(7)30(36(9)15-13-27(46-36)33(5,6)44-12)24(43-11)20-35(34,8)25(37)19-23(42-10)29(38)32(26,3)4/h22-30,40H,13-21H2,1-12H3/t23-,24-,25?,26-,27-,28-,29-,30-,34+,35-,36+,37?,38+/m0/s1. The summed E-state index contributed by atoms with van der Waals surface area (Å²) < 4.78 is 32.4. The molecule has 2 unspecified atom stereocenters. The minimum Gasteiger partial charge on any atom is -0.461 e. The van der Waals surface area contributed by atoms with Gasteiger partial charge in [0.1, 0.15) is 12.1 Å². The lowest BCUT2D eigenvalue weighted by molar-refractivity contribution is -0.223. The average molecular weight is 666 g/mol. The second-order valence-electron chi connectivity index (χ2n) is 18.7. The Bertz CT molecular complexity index is 1190. The molecule has 264 valence electrons. The lowest BCUT2D eigenvalue weighted by Gasteiger charge is -2.65. The molecule has 6 aliphatic rings. The summed E-state index contributed by atoms with van der Waals surface area (Å²) in [6.07, 6.45) is 10.1. The number of hydrogen-bond donors (Lipinski definition) is 1. The van der Waals surface area contributed by atoms with E-state index >= 15 is 0 Å². The maximum Gasteiger partial charge on any atom is 0.324 e. The molecule has 5 aliphatic carbocycles. The lowest BCUT2D eigenvalue weighted by atomic mass is 9.41. The highest BCUT2D eigenvalue weighted by molar-refractivity contribution is 6.14. The van der Waals surface area contributed by atoms with Gasteiger partial charge in [-0.3, -0.25) is 4.79 Å². The topological polar surface area (TPSA) is 75.3 Å². The van der Waals surface area contributed by atoms with Crippen LogP contribution in [0.5, 0.6) is 0 Å². The van der Waals surface area contributed by atoms with Crippen molar-refractivity contribution in [2.24, 2.45) is 50.7 Å². The lowest BCUT2D eigenvalue weighted by Crippen LogP contribution is -2.63. The molecule has 8 heteroatoms. The molecule has 5 saturated carbocycles. The Balaban J connectivity index is 1.31. The van der Waals surface area contributed by atoms with E-state index in [1.54, 1.807) is 7.11 Å². The Morgan fingerprint density at radius 1 is 0.891 bits per heavy atom. The summed E-state index contributed by atoms with van der Waals surface area (Å²) in [4.78, 5) is 16.0. The molecule has 0 aromatic carbocycles. The van der Waals surface area contributed by atoms with Crippen molar-refractivity contribution < 1.29 is 28.5 Å². The quantitative estimate of drug-likeness (QED) is 0.200. The molecule has 7 nitrogen and oxygen atoms in total. The Morgan fingerprint density at radius 2 is 1.57 bits per heavy atom. The second kappa shape index (κ2) is 11.3. The van der Waals surface area contributed by atoms with Crippen LogP contribution < -0.4 is 4.84 Å². The van der Waals surface area contributed by atoms with Crippen LogP contribution in [0.25, 0.3) is 0 Å². The maximum absolute atomic E-state index is 13.3. The van der Waals surface area contributed by atoms with E-state index in [2.05, 4.69) is 53.3 Å². The van der Waals surface area contributed by atoms with Crippen LogP contribution in [0.3, 0.4) is 0 Å². The second-order valence-corrected chi connectivity index (χ2v) is 18.9. The van der Waals surface area contributed by atoms with Crippen LogP contribution in [0.4, 0.5) is 0 Å². The van der Waals surface area contributed by atoms with Gasteiger partial charge >= 0.3 is 5.97 Å². The zero-order chi connectivity index (χ0) is 33.9. The summed E-state index contributed by atoms with van der Waals surface area (Å²) in [7, 11) is 5.64. The smallest absolute Gasteiger partial charge is 0.324 e. The normalized spacial score (nSPS) is 49.9. The molecule has 0 aromatic heterocycles. The van der Waals surface area contributed by atoms with E-state index < -0.39 is 6.04 Å². The summed E-state index contributed by atoms with van der Waals surface area (Å²) in [6.45, 7) is 20.6. The van der Waals surface area contributed by atoms with Gasteiger partial charge in [0.25, 0.3) is 0 Å². The monoisotopic (exact) mass is 665 g/mol. The molecule has 6 fully saturated rings. The van der Waals surface area contributed by atoms with Crippen molar-refractivity contribution in [1.82, 2.24) is 4.84 Å². The van der Waals surface area contributed by atoms with Crippen molar-refractivity contribution in [1.29, 1.82) is 0 Å². The van der Waals surface area contributed by atoms with Gasteiger partial charge in [-0.25, -0.2) is 4.84 Å². The number of ether oxygens (including phenoxy) is 5. The number of esters is 1. The van der Waals surface area contributed by atoms with Gasteiger partial charge in [-0.1, -0.05) is 41.5 Å². The van der Waals surface area contributed by atoms with E-state index in [1.807, 2.05) is 28.1 Å². The Kier molecular flexibility index (Phi) is 8.68. The number of fused-ring (bicyclic) bond motifs is 2. The predicted molar refractivity (Wildman–Crippen MR) is 180 cm³/mol. The Morgan fingerprint density at radius 3 is 2.15 bits per heavy atom. The first-order valence-corrected chi connectivity index (χ1v) is 18.6. The molecule has 1 saturated heterocycles. The van der Waals surface area contributed by atoms with Crippen LogP contribution in [-0.2, 0) is 28.5 Å². The van der Waals surface area contributed by atoms with E-state index in [0.29, 0.717) is 23.2 Å². The molecule has 0 radical (unpaired) electrons. The molecule has 1 heterocycles. The number of methoxy groups -OCH3 is 3. The van der Waals surface area contributed by atoms with Crippen molar-refractivity contribution in [3.8, 4) is 0 Å². The highest BCUT2D eigenvalue weighted by atomic mass is 35.5. The largest absolute Gasteiger partial charge is 0.461 e. The van der Waals surface area contributed by atoms with Gasteiger partial charge in [-0.05, 0) is 130 Å². The van der Waals surface area contributed by atoms with Crippen LogP contribution in [-0.4, -0.2) is 69.0 Å². The molecule has 1 N–H and O–H groups in total. The Labute approximate surface area is 284 Å². The van der Waals surface area contributed by atoms with Gasteiger partial charge in [0.05, 0.1) is 29.5 Å². The van der Waals surface area contributed by atoms with Gasteiger partial charge in [0.2, 0.25) is 0 Å². The number of carbonyl (C=O) groups is 1. The third kappa shape index (κ3) is 4.56. The Hall–Kier alpha value is -0.440. The van der Waals surface area contributed by atoms with Crippen molar-refractivity contribution in [3.05, 3.63) is 0 Å². The summed E-state index contributed by atoms with van der Waals surface area (Å²) in [5, 5.41) is 0. The summed E-state index contributed by atoms with van der Waals surface area (Å²) in [6, 6.07) is -0.517. The fourth-order valence-corrected chi connectivity index (χ4v) is 13.8. The zero-order valence-corrected chi connectivity index (χ0v) is 31.6. The van der Waals surface area contributed by atoms with Gasteiger partial charge in [0, 0.05) is 32.7 Å². The molecule has 6 rings (SSSR count). The van der Waals surface area contributed by atoms with Gasteiger partial charge in [-0.2, -0.15) is 0 Å². The third-order valence-electron chi connectivity index (χ3n) is 16.1. The molecule has 0 amide bonds. The molecule has 46 heavy (non-hydrogen) atoms. The highest BCUT2D eigenvalue weighted by Crippen LogP contribution is 2.89. The van der Waals surface area contributed by atoms with Crippen LogP contribution in [0.2, 0.25) is 0 Å². The summed E-state index contributed by atoms with van der Waals surface area (Å²) in [5.41, 5.74) is -0.0728. The molecular formula is C38H64ClNO6. The van der Waals surface area contributed by atoms with Crippen molar-refractivity contribution in [2.45, 2.75) is 162 Å². The van der Waals surface area contributed by atoms with E-state index in [9.17, 15) is 4.79 Å². The first kappa shape index (κ1) is 35.4. The summed E-state index contributed by atoms with van der Waals surface area (Å²) in [5.74, 6) is 1.02. The van der Waals surface area contributed by atoms with Crippen molar-refractivity contribution in [3.63, 3.8) is 0 Å². The summed E-state index contributed by atoms with van der Waals surface area (Å²) >= 11 is 6.00. The fraction of sp³-hybridized carbons (Fsp3) is 0.974. The molecule has 1 aliphatic heterocycles. The number of halogens is 1. The highest BCUT2D eigenvalue weighted by Gasteiger charge is 2.85. The average Bonchev–Trinajstić information content (AvgIpc) is 3.34. The van der Waals surface area contributed by atoms with E-state index in [1.165, 1.54) is 19.3 Å². The third-order valence-corrected chi connectivity index (χ3v) is 16.3. The van der Waals surface area contributed by atoms with Crippen LogP contribution >= 0.6 is 11.8 Å². The van der Waals surface area contributed by atoms with Gasteiger partial charge in [0.15, 0.2) is 0 Å². The SMILES string of the molecule is CO[C@H]1C[C@@]2(C)C3C[C@H](OC)[C@H]4C(C)(C)[C@@H](OC(=O)[C@@H](NCl)C(C)C)CC[C@@]45CC35CC[C@]2(C)[C@H]1[C@@]1(C)CC[C@@H](C(C)(C)OC)O1. The minimum atomic E-state index is -0.517. The maximum atomic E-state index is 13.3. The van der Waals surface area contributed by atoms with Crippen molar-refractivity contribution in [2.75, 3.05) is 21.3 Å². The van der Waals surface area contributed by atoms with E-state index in [4.69, 9.17) is 35.5 Å². The van der Waals surface area contributed by atoms with Crippen LogP contribution in [0.15, 0.2) is 0 Å². The molecule has 0 aromatic rings. The predicted octanol–water partition coefficient (Wildman–Crippen LogP) is 7.72. The first-order chi connectivity index (χ1) is 21.4. The van der Waals surface area contributed by atoms with Crippen LogP contribution in [0, 0.1) is 50.7 Å². The molecule has 2 spiro atoms. The first-order valence-electron chi connectivity index (χ1n) is 18.2. The number of hydrogen-bond acceptors (Lipinski definition) is 7. The number of carbonyl (C=O) groups excluding carboxylic acids is 1. The zero-order valence-electron chi connectivity index (χ0n) is 30.9. The molecular weight excluding hydrogens is 602 g/mol. The van der Waals surface area contributed by atoms with Crippen molar-refractivity contribution >= 4 is 17.7 Å². The van der Waals surface area contributed by atoms with E-state index in [0.717, 1.165) is 38.5 Å². The van der Waals surface area contributed by atoms with Gasteiger partial charge in [-0.15, -0.1) is 0 Å². The van der Waals surface area contributed by atoms with Gasteiger partial charge < -0.3 is 23.7 Å². The fourth-order valence-electron chi connectivity index (χ4n) is 13.5. The molecule has 0 bridgehead atoms. The number of rotatable bonds is 9.